The number of nitrogens with two attached hydrogens (primary N) is 1. The molecule has 0 amide bonds. The Morgan fingerprint density at radius 3 is 2.38 bits per heavy atom. The Bertz CT molecular complexity index is 1000. The van der Waals surface area contributed by atoms with Crippen molar-refractivity contribution in [3.8, 4) is 0 Å². The van der Waals surface area contributed by atoms with Gasteiger partial charge in [0.15, 0.2) is 5.13 Å². The Balaban J connectivity index is 1.96. The van der Waals surface area contributed by atoms with E-state index >= 15 is 0 Å². The number of nitrogen functional groups attached to an aromatic ring is 1. The first-order chi connectivity index (χ1) is 12.4. The Morgan fingerprint density at radius 2 is 1.73 bits per heavy atom. The summed E-state index contributed by atoms with van der Waals surface area (Å²) in [7, 11) is 0. The van der Waals surface area contributed by atoms with Gasteiger partial charge >= 0.3 is 5.97 Å². The number of thiazole rings is 1. The van der Waals surface area contributed by atoms with Gasteiger partial charge in [0, 0.05) is 0 Å². The number of benzene rings is 2. The summed E-state index contributed by atoms with van der Waals surface area (Å²) in [5.74, 6) is -4.31. The minimum Gasteiger partial charge on any atom is -0.478 e. The zero-order chi connectivity index (χ0) is 18.8. The van der Waals surface area contributed by atoms with E-state index in [-0.39, 0.29) is 27.1 Å². The number of carbonyl (C=O) groups excluding carboxylic acids is 1. The van der Waals surface area contributed by atoms with Gasteiger partial charge in [-0.2, -0.15) is 0 Å². The topological polar surface area (TPSA) is 105 Å². The third-order valence-electron chi connectivity index (χ3n) is 3.45. The number of hydrogen-bond donors (Lipinski definition) is 3. The van der Waals surface area contributed by atoms with Crippen LogP contribution in [-0.4, -0.2) is 21.8 Å². The second-order valence-electron chi connectivity index (χ2n) is 5.13. The molecule has 6 nitrogen and oxygen atoms in total. The second kappa shape index (κ2) is 6.89. The second-order valence-corrected chi connectivity index (χ2v) is 6.13. The minimum atomic E-state index is -1.15. The number of hydrogen-bond acceptors (Lipinski definition) is 6. The van der Waals surface area contributed by atoms with Crippen LogP contribution in [0.5, 0.6) is 0 Å². The molecule has 0 spiro atoms. The monoisotopic (exact) mass is 375 g/mol. The van der Waals surface area contributed by atoms with Gasteiger partial charge in [-0.05, 0) is 24.3 Å². The van der Waals surface area contributed by atoms with Gasteiger partial charge in [-0.3, -0.25) is 4.79 Å². The maximum Gasteiger partial charge on any atom is 0.337 e. The van der Waals surface area contributed by atoms with Crippen molar-refractivity contribution in [2.75, 3.05) is 11.1 Å². The first-order valence-electron chi connectivity index (χ1n) is 7.23. The number of carboxylic acids is 1. The normalized spacial score (nSPS) is 10.5. The van der Waals surface area contributed by atoms with Gasteiger partial charge in [-0.1, -0.05) is 29.5 Å². The van der Waals surface area contributed by atoms with Crippen molar-refractivity contribution in [2.24, 2.45) is 0 Å². The summed E-state index contributed by atoms with van der Waals surface area (Å²) in [5, 5.41) is 12.1. The molecule has 0 aliphatic rings. The molecule has 2 aromatic carbocycles. The summed E-state index contributed by atoms with van der Waals surface area (Å²) in [6.07, 6.45) is 0. The Kier molecular flexibility index (Phi) is 4.63. The molecule has 1 aromatic heterocycles. The molecule has 26 heavy (non-hydrogen) atoms. The fraction of sp³-hybridized carbons (Fsp3) is 0. The van der Waals surface area contributed by atoms with Crippen molar-refractivity contribution in [2.45, 2.75) is 0 Å². The van der Waals surface area contributed by atoms with E-state index in [1.165, 1.54) is 12.1 Å². The molecule has 0 saturated carbocycles. The smallest absolute Gasteiger partial charge is 0.337 e. The molecule has 0 aliphatic carbocycles. The SMILES string of the molecule is Nc1nc(Nc2ccccc2C(=O)O)sc1C(=O)c1c(F)cccc1F. The molecule has 0 saturated heterocycles. The molecule has 132 valence electrons. The third kappa shape index (κ3) is 3.24. The van der Waals surface area contributed by atoms with Gasteiger partial charge in [0.05, 0.1) is 16.8 Å². The molecular weight excluding hydrogens is 364 g/mol. The van der Waals surface area contributed by atoms with E-state index in [1.54, 1.807) is 12.1 Å². The number of anilines is 3. The van der Waals surface area contributed by atoms with Crippen molar-refractivity contribution < 1.29 is 23.5 Å². The van der Waals surface area contributed by atoms with Gasteiger partial charge in [0.1, 0.15) is 22.3 Å². The number of halogens is 2. The van der Waals surface area contributed by atoms with E-state index in [0.29, 0.717) is 0 Å². The lowest BCUT2D eigenvalue weighted by Gasteiger charge is -2.05. The van der Waals surface area contributed by atoms with Crippen LogP contribution in [0.1, 0.15) is 25.6 Å². The summed E-state index contributed by atoms with van der Waals surface area (Å²) in [5.41, 5.74) is 5.22. The Morgan fingerprint density at radius 1 is 1.08 bits per heavy atom. The number of nitrogens with zero attached hydrogens (tertiary/aromatic N) is 1. The summed E-state index contributed by atoms with van der Waals surface area (Å²) >= 11 is 0.772. The average Bonchev–Trinajstić information content (AvgIpc) is 2.95. The van der Waals surface area contributed by atoms with E-state index in [1.807, 2.05) is 0 Å². The van der Waals surface area contributed by atoms with E-state index in [4.69, 9.17) is 5.73 Å². The highest BCUT2D eigenvalue weighted by atomic mass is 32.1. The van der Waals surface area contributed by atoms with Gasteiger partial charge in [0.25, 0.3) is 0 Å². The fourth-order valence-electron chi connectivity index (χ4n) is 2.27. The predicted octanol–water partition coefficient (Wildman–Crippen LogP) is 3.68. The number of carbonyl (C=O) groups is 2. The molecule has 9 heteroatoms. The maximum absolute atomic E-state index is 13.8. The molecular formula is C17H11F2N3O3S. The standard InChI is InChI=1S/C17H11F2N3O3S/c18-9-5-3-6-10(19)12(9)13(23)14-15(20)22-17(26-14)21-11-7-2-1-4-8(11)16(24)25/h1-7H,20H2,(H,21,22)(H,24,25). The number of rotatable bonds is 5. The van der Waals surface area contributed by atoms with Crippen LogP contribution in [-0.2, 0) is 0 Å². The summed E-state index contributed by atoms with van der Waals surface area (Å²) < 4.78 is 27.6. The molecule has 0 aliphatic heterocycles. The molecule has 0 radical (unpaired) electrons. The minimum absolute atomic E-state index is 0.00528. The van der Waals surface area contributed by atoms with E-state index in [9.17, 15) is 23.5 Å². The van der Waals surface area contributed by atoms with Crippen LogP contribution >= 0.6 is 11.3 Å². The van der Waals surface area contributed by atoms with Crippen LogP contribution < -0.4 is 11.1 Å². The largest absolute Gasteiger partial charge is 0.478 e. The number of aromatic carboxylic acids is 1. The quantitative estimate of drug-likeness (QED) is 0.588. The summed E-state index contributed by atoms with van der Waals surface area (Å²) in [6.45, 7) is 0. The Hall–Kier alpha value is -3.33. The van der Waals surface area contributed by atoms with Crippen molar-refractivity contribution >= 4 is 39.7 Å². The first-order valence-corrected chi connectivity index (χ1v) is 8.04. The van der Waals surface area contributed by atoms with Gasteiger partial charge in [0.2, 0.25) is 5.78 Å². The van der Waals surface area contributed by atoms with Crippen LogP contribution in [0.15, 0.2) is 42.5 Å². The zero-order valence-electron chi connectivity index (χ0n) is 13.0. The van der Waals surface area contributed by atoms with Crippen LogP contribution in [0.2, 0.25) is 0 Å². The van der Waals surface area contributed by atoms with Crippen molar-refractivity contribution in [1.82, 2.24) is 4.98 Å². The van der Waals surface area contributed by atoms with Gasteiger partial charge < -0.3 is 16.2 Å². The van der Waals surface area contributed by atoms with E-state index in [0.717, 1.165) is 29.5 Å². The fourth-order valence-corrected chi connectivity index (χ4v) is 3.11. The highest BCUT2D eigenvalue weighted by molar-refractivity contribution is 7.18. The lowest BCUT2D eigenvalue weighted by molar-refractivity contribution is 0.0697. The summed E-state index contributed by atoms with van der Waals surface area (Å²) in [6, 6.07) is 9.16. The maximum atomic E-state index is 13.8. The molecule has 3 rings (SSSR count). The number of carboxylic acid groups (broad SMARTS) is 1. The molecule has 0 bridgehead atoms. The van der Waals surface area contributed by atoms with Crippen LogP contribution in [0.25, 0.3) is 0 Å². The number of aromatic nitrogens is 1. The van der Waals surface area contributed by atoms with Crippen LogP contribution in [0.3, 0.4) is 0 Å². The number of para-hydroxylation sites is 1. The molecule has 0 fully saturated rings. The molecule has 0 unspecified atom stereocenters. The van der Waals surface area contributed by atoms with Crippen LogP contribution in [0, 0.1) is 11.6 Å². The first kappa shape index (κ1) is 17.5. The van der Waals surface area contributed by atoms with Crippen LogP contribution in [0.4, 0.5) is 25.4 Å². The van der Waals surface area contributed by atoms with E-state index in [2.05, 4.69) is 10.3 Å². The van der Waals surface area contributed by atoms with E-state index < -0.39 is 29.0 Å². The summed E-state index contributed by atoms with van der Waals surface area (Å²) in [4.78, 5) is 27.5. The number of nitrogens with one attached hydrogen (secondary N) is 1. The van der Waals surface area contributed by atoms with Gasteiger partial charge in [-0.25, -0.2) is 18.6 Å². The molecule has 4 N–H and O–H groups in total. The van der Waals surface area contributed by atoms with Crippen molar-refractivity contribution in [1.29, 1.82) is 0 Å². The lowest BCUT2D eigenvalue weighted by atomic mass is 10.1. The molecule has 0 atom stereocenters. The third-order valence-corrected chi connectivity index (χ3v) is 4.43. The van der Waals surface area contributed by atoms with Crippen molar-refractivity contribution in [3.05, 3.63) is 70.1 Å². The zero-order valence-corrected chi connectivity index (χ0v) is 13.8. The predicted molar refractivity (Wildman–Crippen MR) is 93.0 cm³/mol. The van der Waals surface area contributed by atoms with Gasteiger partial charge in [-0.15, -0.1) is 0 Å². The molecule has 3 aromatic rings. The number of ketones is 1. The lowest BCUT2D eigenvalue weighted by Crippen LogP contribution is -2.07. The Labute approximate surface area is 149 Å². The van der Waals surface area contributed by atoms with Crippen molar-refractivity contribution in [3.63, 3.8) is 0 Å². The average molecular weight is 375 g/mol. The molecule has 1 heterocycles. The highest BCUT2D eigenvalue weighted by Gasteiger charge is 2.24. The highest BCUT2D eigenvalue weighted by Crippen LogP contribution is 2.31.